The van der Waals surface area contributed by atoms with Gasteiger partial charge in [0.15, 0.2) is 0 Å². The van der Waals surface area contributed by atoms with E-state index in [1.165, 1.54) is 49.1 Å². The predicted molar refractivity (Wildman–Crippen MR) is 164 cm³/mol. The molecule has 6 nitrogen and oxygen atoms in total. The van der Waals surface area contributed by atoms with Crippen molar-refractivity contribution in [1.82, 2.24) is 15.6 Å². The summed E-state index contributed by atoms with van der Waals surface area (Å²) < 4.78 is 0. The minimum absolute atomic E-state index is 0.129. The second-order valence-corrected chi connectivity index (χ2v) is 13.0. The van der Waals surface area contributed by atoms with Crippen molar-refractivity contribution < 1.29 is 0 Å². The Balaban J connectivity index is 1.59. The SMILES string of the molecule is C=C(CNC(=C)c1ccc(C(CCC(C)(C)C)N2C(=C)C(C3CC3)=NC23CCC(CC)CC3)cc1)NN=NC. The standard InChI is InChI=1S/C33H50N6/c1-9-26-16-20-33(21-17-26)36-31(29-14-15-29)25(4)39(33)30(18-19-32(5,6)7)28-12-10-27(11-13-28)24(3)35-22-23(2)37-38-34-8/h10-13,26,29-30,35H,2-4,9,14-22H2,1,5-8H3,(H,34,37). The van der Waals surface area contributed by atoms with Gasteiger partial charge in [0.05, 0.1) is 31.0 Å². The zero-order valence-corrected chi connectivity index (χ0v) is 25.0. The second-order valence-electron chi connectivity index (χ2n) is 13.0. The zero-order valence-electron chi connectivity index (χ0n) is 25.0. The van der Waals surface area contributed by atoms with Crippen LogP contribution in [0.2, 0.25) is 0 Å². The average Bonchev–Trinajstić information content (AvgIpc) is 3.72. The van der Waals surface area contributed by atoms with Crippen LogP contribution < -0.4 is 10.7 Å². The van der Waals surface area contributed by atoms with Crippen LogP contribution in [0, 0.1) is 17.3 Å². The number of allylic oxidation sites excluding steroid dienone is 1. The van der Waals surface area contributed by atoms with E-state index in [0.717, 1.165) is 48.6 Å². The van der Waals surface area contributed by atoms with Crippen LogP contribution in [-0.2, 0) is 0 Å². The maximum Gasteiger partial charge on any atom is 0.132 e. The van der Waals surface area contributed by atoms with E-state index in [4.69, 9.17) is 11.6 Å². The molecule has 2 N–H and O–H groups in total. The summed E-state index contributed by atoms with van der Waals surface area (Å²) in [5, 5.41) is 10.8. The van der Waals surface area contributed by atoms with Crippen molar-refractivity contribution in [2.45, 2.75) is 97.2 Å². The molecule has 1 heterocycles. The normalized spacial score (nSPS) is 24.2. The van der Waals surface area contributed by atoms with E-state index in [0.29, 0.717) is 12.5 Å². The summed E-state index contributed by atoms with van der Waals surface area (Å²) in [6.45, 7) is 22.8. The Morgan fingerprint density at radius 1 is 1.13 bits per heavy atom. The van der Waals surface area contributed by atoms with E-state index in [1.54, 1.807) is 7.05 Å². The molecule has 1 aromatic rings. The van der Waals surface area contributed by atoms with Crippen molar-refractivity contribution >= 4 is 11.4 Å². The first-order valence-electron chi connectivity index (χ1n) is 14.9. The molecule has 39 heavy (non-hydrogen) atoms. The molecule has 1 atom stereocenters. The molecular formula is C33H50N6. The van der Waals surface area contributed by atoms with Crippen molar-refractivity contribution in [3.05, 3.63) is 66.5 Å². The summed E-state index contributed by atoms with van der Waals surface area (Å²) in [5.41, 5.74) is 9.46. The molecule has 0 aromatic heterocycles. The first-order chi connectivity index (χ1) is 18.6. The average molecular weight is 531 g/mol. The Morgan fingerprint density at radius 2 is 1.79 bits per heavy atom. The highest BCUT2D eigenvalue weighted by molar-refractivity contribution is 6.04. The number of hydrogen-bond acceptors (Lipinski definition) is 5. The maximum atomic E-state index is 5.56. The van der Waals surface area contributed by atoms with Crippen molar-refractivity contribution in [1.29, 1.82) is 0 Å². The van der Waals surface area contributed by atoms with E-state index in [-0.39, 0.29) is 17.1 Å². The lowest BCUT2D eigenvalue weighted by Crippen LogP contribution is -2.47. The minimum Gasteiger partial charge on any atom is -0.379 e. The van der Waals surface area contributed by atoms with Gasteiger partial charge in [-0.25, -0.2) is 0 Å². The van der Waals surface area contributed by atoms with Crippen LogP contribution in [0.1, 0.15) is 103 Å². The molecule has 0 radical (unpaired) electrons. The third-order valence-electron chi connectivity index (χ3n) is 8.76. The Kier molecular flexibility index (Phi) is 9.03. The molecule has 1 spiro atoms. The maximum absolute atomic E-state index is 5.56. The number of nitrogens with one attached hydrogen (secondary N) is 2. The van der Waals surface area contributed by atoms with Gasteiger partial charge >= 0.3 is 0 Å². The van der Waals surface area contributed by atoms with Gasteiger partial charge in [-0.15, -0.1) is 0 Å². The second kappa shape index (κ2) is 12.1. The van der Waals surface area contributed by atoms with Gasteiger partial charge in [-0.2, -0.15) is 5.11 Å². The molecule has 2 saturated carbocycles. The third-order valence-corrected chi connectivity index (χ3v) is 8.76. The molecule has 2 fully saturated rings. The van der Waals surface area contributed by atoms with Crippen LogP contribution in [0.25, 0.3) is 5.70 Å². The topological polar surface area (TPSA) is 64.4 Å². The number of rotatable bonds is 12. The molecule has 0 amide bonds. The van der Waals surface area contributed by atoms with Gasteiger partial charge in [0, 0.05) is 17.3 Å². The van der Waals surface area contributed by atoms with Gasteiger partial charge in [0.1, 0.15) is 5.66 Å². The molecule has 2 aliphatic carbocycles. The quantitative estimate of drug-likeness (QED) is 0.211. The van der Waals surface area contributed by atoms with Crippen molar-refractivity contribution in [3.8, 4) is 0 Å². The van der Waals surface area contributed by atoms with E-state index >= 15 is 0 Å². The molecular weight excluding hydrogens is 480 g/mol. The minimum atomic E-state index is -0.129. The fourth-order valence-corrected chi connectivity index (χ4v) is 6.18. The van der Waals surface area contributed by atoms with Gasteiger partial charge in [-0.05, 0) is 73.8 Å². The zero-order chi connectivity index (χ0) is 28.2. The highest BCUT2D eigenvalue weighted by atomic mass is 15.4. The number of aliphatic imine (C=N–C) groups is 1. The van der Waals surface area contributed by atoms with Gasteiger partial charge in [-0.1, -0.05) is 83.3 Å². The molecule has 0 bridgehead atoms. The largest absolute Gasteiger partial charge is 0.379 e. The number of benzene rings is 1. The smallest absolute Gasteiger partial charge is 0.132 e. The van der Waals surface area contributed by atoms with Crippen molar-refractivity contribution in [2.24, 2.45) is 32.6 Å². The van der Waals surface area contributed by atoms with Gasteiger partial charge < -0.3 is 10.2 Å². The number of hydrogen-bond donors (Lipinski definition) is 2. The first kappa shape index (κ1) is 29.1. The van der Waals surface area contributed by atoms with Crippen molar-refractivity contribution in [2.75, 3.05) is 13.6 Å². The van der Waals surface area contributed by atoms with Gasteiger partial charge in [0.25, 0.3) is 0 Å². The summed E-state index contributed by atoms with van der Waals surface area (Å²) >= 11 is 0. The lowest BCUT2D eigenvalue weighted by molar-refractivity contribution is 0.0462. The van der Waals surface area contributed by atoms with E-state index < -0.39 is 0 Å². The summed E-state index contributed by atoms with van der Waals surface area (Å²) in [5.74, 6) is 1.44. The van der Waals surface area contributed by atoms with E-state index in [9.17, 15) is 0 Å². The van der Waals surface area contributed by atoms with Crippen LogP contribution in [-0.4, -0.2) is 29.9 Å². The molecule has 212 valence electrons. The Bertz CT molecular complexity index is 1090. The monoisotopic (exact) mass is 530 g/mol. The molecule has 0 saturated heterocycles. The summed E-state index contributed by atoms with van der Waals surface area (Å²) in [6, 6.07) is 9.23. The van der Waals surface area contributed by atoms with Crippen LogP contribution in [0.15, 0.2) is 70.7 Å². The molecule has 6 heteroatoms. The first-order valence-corrected chi connectivity index (χ1v) is 14.9. The van der Waals surface area contributed by atoms with Crippen molar-refractivity contribution in [3.63, 3.8) is 0 Å². The Morgan fingerprint density at radius 3 is 2.36 bits per heavy atom. The third kappa shape index (κ3) is 7.01. The molecule has 3 aliphatic rings. The molecule has 4 rings (SSSR count). The molecule has 1 aromatic carbocycles. The van der Waals surface area contributed by atoms with Gasteiger partial charge in [0.2, 0.25) is 0 Å². The highest BCUT2D eigenvalue weighted by Gasteiger charge is 2.51. The number of nitrogens with zero attached hydrogens (tertiary/aromatic N) is 4. The fraction of sp³-hybridized carbons (Fsp3) is 0.606. The molecule has 1 aliphatic heterocycles. The molecule has 1 unspecified atom stereocenters. The predicted octanol–water partition coefficient (Wildman–Crippen LogP) is 8.19. The summed E-state index contributed by atoms with van der Waals surface area (Å²) in [7, 11) is 1.62. The Hall–Kier alpha value is -2.89. The van der Waals surface area contributed by atoms with Crippen LogP contribution in [0.5, 0.6) is 0 Å². The van der Waals surface area contributed by atoms with Crippen LogP contribution >= 0.6 is 0 Å². The highest BCUT2D eigenvalue weighted by Crippen LogP contribution is 2.52. The summed E-state index contributed by atoms with van der Waals surface area (Å²) in [4.78, 5) is 8.24. The van der Waals surface area contributed by atoms with Crippen LogP contribution in [0.3, 0.4) is 0 Å². The summed E-state index contributed by atoms with van der Waals surface area (Å²) in [6.07, 6.45) is 10.8. The lowest BCUT2D eigenvalue weighted by atomic mass is 9.78. The van der Waals surface area contributed by atoms with E-state index in [2.05, 4.69) is 91.1 Å². The van der Waals surface area contributed by atoms with E-state index in [1.807, 2.05) is 0 Å². The van der Waals surface area contributed by atoms with Gasteiger partial charge in [-0.3, -0.25) is 10.4 Å². The van der Waals surface area contributed by atoms with Crippen LogP contribution in [0.4, 0.5) is 0 Å². The fourth-order valence-electron chi connectivity index (χ4n) is 6.18. The lowest BCUT2D eigenvalue weighted by Gasteiger charge is -2.47. The Labute approximate surface area is 236 Å².